The van der Waals surface area contributed by atoms with E-state index in [-0.39, 0.29) is 18.2 Å². The van der Waals surface area contributed by atoms with E-state index in [4.69, 9.17) is 10.5 Å². The highest BCUT2D eigenvalue weighted by Crippen LogP contribution is 2.06. The molecule has 15 heavy (non-hydrogen) atoms. The zero-order chi connectivity index (χ0) is 12.1. The summed E-state index contributed by atoms with van der Waals surface area (Å²) in [4.78, 5) is 21.8. The van der Waals surface area contributed by atoms with Crippen LogP contribution in [0.15, 0.2) is 0 Å². The highest BCUT2D eigenvalue weighted by Gasteiger charge is 2.16. The Morgan fingerprint density at radius 1 is 1.40 bits per heavy atom. The van der Waals surface area contributed by atoms with Gasteiger partial charge in [-0.15, -0.1) is 0 Å². The molecule has 1 atom stereocenters. The molecule has 0 saturated heterocycles. The maximum absolute atomic E-state index is 11.2. The summed E-state index contributed by atoms with van der Waals surface area (Å²) in [5.41, 5.74) is 4.52. The Morgan fingerprint density at radius 3 is 2.33 bits per heavy atom. The van der Waals surface area contributed by atoms with Gasteiger partial charge in [0.15, 0.2) is 0 Å². The first-order chi connectivity index (χ1) is 6.70. The molecule has 3 N–H and O–H groups in total. The minimum Gasteiger partial charge on any atom is -0.444 e. The molecule has 0 aliphatic heterocycles. The Kier molecular flexibility index (Phi) is 5.11. The minimum absolute atomic E-state index is 0.0232. The molecular formula is C10H20N2O3. The topological polar surface area (TPSA) is 81.4 Å². The monoisotopic (exact) mass is 216 g/mol. The van der Waals surface area contributed by atoms with Gasteiger partial charge >= 0.3 is 6.09 Å². The molecule has 0 aromatic heterocycles. The van der Waals surface area contributed by atoms with Crippen molar-refractivity contribution in [3.05, 3.63) is 0 Å². The number of nitrogens with one attached hydrogen (secondary N) is 1. The van der Waals surface area contributed by atoms with Gasteiger partial charge in [0.2, 0.25) is 5.91 Å². The van der Waals surface area contributed by atoms with E-state index in [0.29, 0.717) is 6.54 Å². The van der Waals surface area contributed by atoms with Crippen LogP contribution in [0.1, 0.15) is 34.1 Å². The van der Waals surface area contributed by atoms with Crippen molar-refractivity contribution >= 4 is 12.0 Å². The van der Waals surface area contributed by atoms with Crippen molar-refractivity contribution in [2.75, 3.05) is 6.54 Å². The van der Waals surface area contributed by atoms with E-state index < -0.39 is 11.7 Å². The molecule has 0 spiro atoms. The maximum atomic E-state index is 11.2. The van der Waals surface area contributed by atoms with Gasteiger partial charge in [0.25, 0.3) is 0 Å². The Hall–Kier alpha value is -1.26. The second kappa shape index (κ2) is 5.58. The van der Waals surface area contributed by atoms with Crippen molar-refractivity contribution < 1.29 is 14.3 Å². The number of nitrogens with two attached hydrogens (primary N) is 1. The van der Waals surface area contributed by atoms with Gasteiger partial charge in [-0.3, -0.25) is 4.79 Å². The first-order valence-corrected chi connectivity index (χ1v) is 4.96. The normalized spacial score (nSPS) is 13.1. The number of hydrogen-bond donors (Lipinski definition) is 2. The lowest BCUT2D eigenvalue weighted by Crippen LogP contribution is -2.35. The Bertz CT molecular complexity index is 233. The summed E-state index contributed by atoms with van der Waals surface area (Å²) in [5.74, 6) is -0.344. The lowest BCUT2D eigenvalue weighted by Gasteiger charge is -2.20. The van der Waals surface area contributed by atoms with Gasteiger partial charge in [-0.25, -0.2) is 4.79 Å². The Balaban J connectivity index is 3.76. The van der Waals surface area contributed by atoms with Crippen LogP contribution in [-0.4, -0.2) is 24.1 Å². The first kappa shape index (κ1) is 13.7. The molecular weight excluding hydrogens is 196 g/mol. The van der Waals surface area contributed by atoms with E-state index in [1.807, 2.05) is 6.92 Å². The van der Waals surface area contributed by atoms with E-state index >= 15 is 0 Å². The maximum Gasteiger partial charge on any atom is 0.407 e. The van der Waals surface area contributed by atoms with Crippen LogP contribution in [0.3, 0.4) is 0 Å². The fourth-order valence-corrected chi connectivity index (χ4v) is 0.987. The lowest BCUT2D eigenvalue weighted by atomic mass is 10.1. The highest BCUT2D eigenvalue weighted by atomic mass is 16.6. The summed E-state index contributed by atoms with van der Waals surface area (Å²) in [5, 5.41) is 2.58. The van der Waals surface area contributed by atoms with Gasteiger partial charge in [0.05, 0.1) is 0 Å². The third-order valence-electron chi connectivity index (χ3n) is 1.54. The van der Waals surface area contributed by atoms with Crippen LogP contribution in [-0.2, 0) is 9.53 Å². The zero-order valence-electron chi connectivity index (χ0n) is 9.79. The summed E-state index contributed by atoms with van der Waals surface area (Å²) in [6, 6.07) is 0. The summed E-state index contributed by atoms with van der Waals surface area (Å²) in [7, 11) is 0. The molecule has 0 fully saturated rings. The van der Waals surface area contributed by atoms with E-state index in [2.05, 4.69) is 5.32 Å². The average molecular weight is 216 g/mol. The number of ether oxygens (including phenoxy) is 1. The number of amides is 2. The predicted molar refractivity (Wildman–Crippen MR) is 57.2 cm³/mol. The van der Waals surface area contributed by atoms with Gasteiger partial charge in [-0.05, 0) is 26.7 Å². The molecule has 0 radical (unpaired) electrons. The van der Waals surface area contributed by atoms with Crippen molar-refractivity contribution in [1.29, 1.82) is 0 Å². The van der Waals surface area contributed by atoms with Crippen molar-refractivity contribution in [2.24, 2.45) is 11.7 Å². The molecule has 2 amide bonds. The van der Waals surface area contributed by atoms with Crippen LogP contribution >= 0.6 is 0 Å². The number of carbonyl (C=O) groups excluding carboxylic acids is 2. The smallest absolute Gasteiger partial charge is 0.407 e. The van der Waals surface area contributed by atoms with Crippen molar-refractivity contribution in [3.63, 3.8) is 0 Å². The van der Waals surface area contributed by atoms with E-state index in [1.54, 1.807) is 20.8 Å². The zero-order valence-corrected chi connectivity index (χ0v) is 9.79. The molecule has 0 aliphatic carbocycles. The van der Waals surface area contributed by atoms with Crippen molar-refractivity contribution in [1.82, 2.24) is 5.32 Å². The average Bonchev–Trinajstić information content (AvgIpc) is 1.96. The van der Waals surface area contributed by atoms with Crippen LogP contribution in [0, 0.1) is 5.92 Å². The molecule has 0 heterocycles. The third-order valence-corrected chi connectivity index (χ3v) is 1.54. The molecule has 0 aromatic rings. The number of rotatable bonds is 4. The Morgan fingerprint density at radius 2 is 1.93 bits per heavy atom. The van der Waals surface area contributed by atoms with E-state index in [0.717, 1.165) is 0 Å². The third kappa shape index (κ3) is 9.05. The number of hydrogen-bond acceptors (Lipinski definition) is 3. The first-order valence-electron chi connectivity index (χ1n) is 4.96. The standard InChI is InChI=1S/C10H20N2O3/c1-7(5-8(11)13)6-12-9(14)15-10(2,3)4/h7H,5-6H2,1-4H3,(H2,11,13)(H,12,14). The Labute approximate surface area is 90.4 Å². The molecule has 5 nitrogen and oxygen atoms in total. The van der Waals surface area contributed by atoms with Crippen LogP contribution < -0.4 is 11.1 Å². The number of primary amides is 1. The second-order valence-electron chi connectivity index (χ2n) is 4.66. The van der Waals surface area contributed by atoms with E-state index in [1.165, 1.54) is 0 Å². The van der Waals surface area contributed by atoms with Crippen LogP contribution in [0.5, 0.6) is 0 Å². The van der Waals surface area contributed by atoms with Crippen LogP contribution in [0.25, 0.3) is 0 Å². The molecule has 0 rings (SSSR count). The summed E-state index contributed by atoms with van der Waals surface area (Å²) in [6.45, 7) is 7.60. The molecule has 88 valence electrons. The second-order valence-corrected chi connectivity index (χ2v) is 4.66. The van der Waals surface area contributed by atoms with Crippen molar-refractivity contribution in [3.8, 4) is 0 Å². The van der Waals surface area contributed by atoms with Gasteiger partial charge < -0.3 is 15.8 Å². The molecule has 0 saturated carbocycles. The highest BCUT2D eigenvalue weighted by molar-refractivity contribution is 5.74. The van der Waals surface area contributed by atoms with E-state index in [9.17, 15) is 9.59 Å². The number of carbonyl (C=O) groups is 2. The molecule has 1 unspecified atom stereocenters. The number of alkyl carbamates (subject to hydrolysis) is 1. The SMILES string of the molecule is CC(CNC(=O)OC(C)(C)C)CC(N)=O. The van der Waals surface area contributed by atoms with Gasteiger partial charge in [-0.1, -0.05) is 6.92 Å². The van der Waals surface area contributed by atoms with Crippen LogP contribution in [0.2, 0.25) is 0 Å². The summed E-state index contributed by atoms with van der Waals surface area (Å²) in [6.07, 6.45) is -0.214. The minimum atomic E-state index is -0.503. The fraction of sp³-hybridized carbons (Fsp3) is 0.800. The lowest BCUT2D eigenvalue weighted by molar-refractivity contribution is -0.118. The van der Waals surface area contributed by atoms with Crippen LogP contribution in [0.4, 0.5) is 4.79 Å². The van der Waals surface area contributed by atoms with Gasteiger partial charge in [0, 0.05) is 13.0 Å². The molecule has 0 aliphatic rings. The van der Waals surface area contributed by atoms with Gasteiger partial charge in [0.1, 0.15) is 5.60 Å². The molecule has 5 heteroatoms. The van der Waals surface area contributed by atoms with Gasteiger partial charge in [-0.2, -0.15) is 0 Å². The molecule has 0 aromatic carbocycles. The summed E-state index contributed by atoms with van der Waals surface area (Å²) < 4.78 is 5.03. The predicted octanol–water partition coefficient (Wildman–Crippen LogP) is 1.02. The van der Waals surface area contributed by atoms with Crippen molar-refractivity contribution in [2.45, 2.75) is 39.7 Å². The quantitative estimate of drug-likeness (QED) is 0.736. The molecule has 0 bridgehead atoms. The fourth-order valence-electron chi connectivity index (χ4n) is 0.987. The summed E-state index contributed by atoms with van der Waals surface area (Å²) >= 11 is 0. The largest absolute Gasteiger partial charge is 0.444 e.